The molecule has 2 aromatic rings. The Morgan fingerprint density at radius 3 is 2.59 bits per heavy atom. The van der Waals surface area contributed by atoms with Gasteiger partial charge in [-0.2, -0.15) is 4.31 Å². The Balaban J connectivity index is 1.76. The van der Waals surface area contributed by atoms with Crippen LogP contribution in [0.5, 0.6) is 0 Å². The van der Waals surface area contributed by atoms with E-state index < -0.39 is 15.9 Å². The molecule has 0 aliphatic carbocycles. The van der Waals surface area contributed by atoms with Crippen LogP contribution in [0.3, 0.4) is 0 Å². The van der Waals surface area contributed by atoms with Crippen molar-refractivity contribution in [3.8, 4) is 0 Å². The second-order valence-corrected chi connectivity index (χ2v) is 9.04. The van der Waals surface area contributed by atoms with Crippen LogP contribution < -0.4 is 10.6 Å². The first kappa shape index (κ1) is 21.0. The lowest BCUT2D eigenvalue weighted by molar-refractivity contribution is -0.122. The van der Waals surface area contributed by atoms with E-state index >= 15 is 0 Å². The van der Waals surface area contributed by atoms with Crippen LogP contribution in [-0.2, 0) is 14.8 Å². The molecule has 1 saturated heterocycles. The largest absolute Gasteiger partial charge is 0.354 e. The van der Waals surface area contributed by atoms with Crippen molar-refractivity contribution in [2.45, 2.75) is 31.1 Å². The predicted molar refractivity (Wildman–Crippen MR) is 111 cm³/mol. The van der Waals surface area contributed by atoms with Gasteiger partial charge in [0.05, 0.1) is 11.4 Å². The van der Waals surface area contributed by atoms with Crippen molar-refractivity contribution in [3.05, 3.63) is 59.7 Å². The maximum Gasteiger partial charge on any atom is 0.255 e. The van der Waals surface area contributed by atoms with Gasteiger partial charge in [0.15, 0.2) is 0 Å². The SMILES string of the molecule is CC[C@@H](C)c1ccc(NC(=O)c2cccc(S(=O)(=O)N3CCNC(=O)C3)c2)cc1. The van der Waals surface area contributed by atoms with Gasteiger partial charge in [-0.3, -0.25) is 9.59 Å². The molecule has 0 saturated carbocycles. The molecule has 2 N–H and O–H groups in total. The van der Waals surface area contributed by atoms with Gasteiger partial charge >= 0.3 is 0 Å². The van der Waals surface area contributed by atoms with Crippen molar-refractivity contribution >= 4 is 27.5 Å². The Morgan fingerprint density at radius 1 is 1.21 bits per heavy atom. The third kappa shape index (κ3) is 4.83. The third-order valence-electron chi connectivity index (χ3n) is 5.09. The highest BCUT2D eigenvalue weighted by molar-refractivity contribution is 7.89. The molecule has 8 heteroatoms. The van der Waals surface area contributed by atoms with Crippen molar-refractivity contribution < 1.29 is 18.0 Å². The molecule has 29 heavy (non-hydrogen) atoms. The van der Waals surface area contributed by atoms with Gasteiger partial charge in [-0.25, -0.2) is 8.42 Å². The molecule has 1 aliphatic heterocycles. The Bertz CT molecular complexity index is 1000. The minimum atomic E-state index is -3.85. The zero-order chi connectivity index (χ0) is 21.0. The molecule has 0 aromatic heterocycles. The van der Waals surface area contributed by atoms with Gasteiger partial charge in [-0.15, -0.1) is 0 Å². The number of nitrogens with one attached hydrogen (secondary N) is 2. The molecular formula is C21H25N3O4S. The lowest BCUT2D eigenvalue weighted by Crippen LogP contribution is -2.49. The average molecular weight is 416 g/mol. The van der Waals surface area contributed by atoms with Gasteiger partial charge in [0.2, 0.25) is 15.9 Å². The number of rotatable bonds is 6. The lowest BCUT2D eigenvalue weighted by atomic mass is 9.98. The van der Waals surface area contributed by atoms with Crippen LogP contribution in [0.15, 0.2) is 53.4 Å². The van der Waals surface area contributed by atoms with Crippen LogP contribution >= 0.6 is 0 Å². The van der Waals surface area contributed by atoms with Crippen molar-refractivity contribution in [1.29, 1.82) is 0 Å². The monoisotopic (exact) mass is 415 g/mol. The van der Waals surface area contributed by atoms with Crippen molar-refractivity contribution in [1.82, 2.24) is 9.62 Å². The Labute approximate surface area is 171 Å². The summed E-state index contributed by atoms with van der Waals surface area (Å²) in [4.78, 5) is 24.1. The fourth-order valence-electron chi connectivity index (χ4n) is 3.10. The van der Waals surface area contributed by atoms with Crippen LogP contribution in [0.4, 0.5) is 5.69 Å². The number of carbonyl (C=O) groups excluding carboxylic acids is 2. The normalized spacial score (nSPS) is 16.1. The van der Waals surface area contributed by atoms with Gasteiger partial charge in [-0.05, 0) is 48.2 Å². The minimum Gasteiger partial charge on any atom is -0.354 e. The molecule has 2 aromatic carbocycles. The van der Waals surface area contributed by atoms with Gasteiger partial charge in [0.25, 0.3) is 5.91 Å². The number of benzene rings is 2. The Morgan fingerprint density at radius 2 is 1.93 bits per heavy atom. The molecule has 1 atom stereocenters. The zero-order valence-corrected chi connectivity index (χ0v) is 17.3. The second kappa shape index (κ2) is 8.75. The highest BCUT2D eigenvalue weighted by Crippen LogP contribution is 2.22. The first-order chi connectivity index (χ1) is 13.8. The van der Waals surface area contributed by atoms with Crippen molar-refractivity contribution in [3.63, 3.8) is 0 Å². The van der Waals surface area contributed by atoms with Crippen LogP contribution in [0.1, 0.15) is 42.1 Å². The van der Waals surface area contributed by atoms with Crippen LogP contribution in [-0.4, -0.2) is 44.2 Å². The molecule has 154 valence electrons. The molecule has 0 unspecified atom stereocenters. The van der Waals surface area contributed by atoms with Gasteiger partial charge in [-0.1, -0.05) is 32.0 Å². The second-order valence-electron chi connectivity index (χ2n) is 7.10. The number of sulfonamides is 1. The molecular weight excluding hydrogens is 390 g/mol. The molecule has 7 nitrogen and oxygen atoms in total. The summed E-state index contributed by atoms with van der Waals surface area (Å²) in [6, 6.07) is 13.5. The first-order valence-electron chi connectivity index (χ1n) is 9.59. The summed E-state index contributed by atoms with van der Waals surface area (Å²) >= 11 is 0. The van der Waals surface area contributed by atoms with E-state index in [4.69, 9.17) is 0 Å². The molecule has 1 heterocycles. The first-order valence-corrected chi connectivity index (χ1v) is 11.0. The number of anilines is 1. The summed E-state index contributed by atoms with van der Waals surface area (Å²) in [5, 5.41) is 5.39. The molecule has 0 radical (unpaired) electrons. The highest BCUT2D eigenvalue weighted by atomic mass is 32.2. The Hall–Kier alpha value is -2.71. The molecule has 3 rings (SSSR count). The van der Waals surface area contributed by atoms with E-state index in [-0.39, 0.29) is 36.0 Å². The molecule has 0 spiro atoms. The quantitative estimate of drug-likeness (QED) is 0.758. The summed E-state index contributed by atoms with van der Waals surface area (Å²) < 4.78 is 26.7. The maximum atomic E-state index is 12.8. The zero-order valence-electron chi connectivity index (χ0n) is 16.5. The fraction of sp³-hybridized carbons (Fsp3) is 0.333. The molecule has 2 amide bonds. The van der Waals surface area contributed by atoms with Crippen LogP contribution in [0.2, 0.25) is 0 Å². The smallest absolute Gasteiger partial charge is 0.255 e. The summed E-state index contributed by atoms with van der Waals surface area (Å²) in [5.41, 5.74) is 2.07. The number of carbonyl (C=O) groups is 2. The number of amides is 2. The summed E-state index contributed by atoms with van der Waals surface area (Å²) in [6.45, 7) is 4.52. The summed E-state index contributed by atoms with van der Waals surface area (Å²) in [7, 11) is -3.85. The predicted octanol–water partition coefficient (Wildman–Crippen LogP) is 2.57. The summed E-state index contributed by atoms with van der Waals surface area (Å²) in [5.74, 6) is -0.289. The van der Waals surface area contributed by atoms with E-state index in [1.54, 1.807) is 6.07 Å². The lowest BCUT2D eigenvalue weighted by Gasteiger charge is -2.26. The number of hydrogen-bond acceptors (Lipinski definition) is 4. The topological polar surface area (TPSA) is 95.6 Å². The third-order valence-corrected chi connectivity index (χ3v) is 6.93. The molecule has 1 aliphatic rings. The van der Waals surface area contributed by atoms with Crippen LogP contribution in [0.25, 0.3) is 0 Å². The molecule has 1 fully saturated rings. The van der Waals surface area contributed by atoms with Crippen molar-refractivity contribution in [2.75, 3.05) is 25.0 Å². The molecule has 0 bridgehead atoms. The van der Waals surface area contributed by atoms with Gasteiger partial charge in [0, 0.05) is 24.3 Å². The maximum absolute atomic E-state index is 12.8. The van der Waals surface area contributed by atoms with Gasteiger partial charge < -0.3 is 10.6 Å². The highest BCUT2D eigenvalue weighted by Gasteiger charge is 2.29. The van der Waals surface area contributed by atoms with Crippen LogP contribution in [0, 0.1) is 0 Å². The van der Waals surface area contributed by atoms with E-state index in [1.807, 2.05) is 24.3 Å². The standard InChI is InChI=1S/C21H25N3O4S/c1-3-15(2)16-7-9-18(10-8-16)23-21(26)17-5-4-6-19(13-17)29(27,28)24-12-11-22-20(25)14-24/h4-10,13,15H,3,11-12,14H2,1-2H3,(H,22,25)(H,23,26)/t15-/m1/s1. The van der Waals surface area contributed by atoms with E-state index in [1.165, 1.54) is 23.8 Å². The number of nitrogens with zero attached hydrogens (tertiary/aromatic N) is 1. The number of piperazine rings is 1. The van der Waals surface area contributed by atoms with Crippen molar-refractivity contribution in [2.24, 2.45) is 0 Å². The Kier molecular flexibility index (Phi) is 6.34. The van der Waals surface area contributed by atoms with E-state index in [2.05, 4.69) is 24.5 Å². The van der Waals surface area contributed by atoms with Gasteiger partial charge in [0.1, 0.15) is 0 Å². The summed E-state index contributed by atoms with van der Waals surface area (Å²) in [6.07, 6.45) is 1.03. The fourth-order valence-corrected chi connectivity index (χ4v) is 4.54. The van der Waals surface area contributed by atoms with E-state index in [0.29, 0.717) is 11.6 Å². The van der Waals surface area contributed by atoms with E-state index in [0.717, 1.165) is 10.7 Å². The van der Waals surface area contributed by atoms with E-state index in [9.17, 15) is 18.0 Å². The minimum absolute atomic E-state index is 0.00744. The number of hydrogen-bond donors (Lipinski definition) is 2. The average Bonchev–Trinajstić information content (AvgIpc) is 2.73.